The second-order valence-corrected chi connectivity index (χ2v) is 6.63. The summed E-state index contributed by atoms with van der Waals surface area (Å²) in [4.78, 5) is 41.7. The van der Waals surface area contributed by atoms with Gasteiger partial charge in [0.1, 0.15) is 11.4 Å². The van der Waals surface area contributed by atoms with Crippen molar-refractivity contribution in [3.8, 4) is 22.1 Å². The maximum atomic E-state index is 12.3. The van der Waals surface area contributed by atoms with Gasteiger partial charge in [0, 0.05) is 17.7 Å². The number of benzene rings is 1. The lowest BCUT2D eigenvalue weighted by atomic mass is 10.1. The maximum absolute atomic E-state index is 12.3. The van der Waals surface area contributed by atoms with E-state index in [4.69, 9.17) is 9.47 Å². The van der Waals surface area contributed by atoms with Gasteiger partial charge in [0.2, 0.25) is 5.75 Å². The summed E-state index contributed by atoms with van der Waals surface area (Å²) in [6.45, 7) is 0. The number of carbonyl (C=O) groups excluding carboxylic acids is 1. The van der Waals surface area contributed by atoms with Gasteiger partial charge in [-0.25, -0.2) is 10.2 Å². The number of aromatic amines is 1. The Morgan fingerprint density at radius 1 is 1.30 bits per heavy atom. The Bertz CT molecular complexity index is 1170. The number of ether oxygens (including phenoxy) is 2. The molecule has 2 aromatic heterocycles. The molecular formula is C18H15N5O6S. The summed E-state index contributed by atoms with van der Waals surface area (Å²) >= 11 is 1.39. The highest BCUT2D eigenvalue weighted by molar-refractivity contribution is 7.13. The minimum Gasteiger partial charge on any atom is -0.496 e. The molecule has 3 rings (SSSR count). The second-order valence-electron chi connectivity index (χ2n) is 5.68. The number of methoxy groups -OCH3 is 2. The minimum atomic E-state index is -0.725. The second kappa shape index (κ2) is 8.96. The molecule has 0 aliphatic rings. The Kier molecular flexibility index (Phi) is 6.17. The van der Waals surface area contributed by atoms with Gasteiger partial charge in [-0.05, 0) is 17.5 Å². The number of nitrogens with one attached hydrogen (secondary N) is 2. The van der Waals surface area contributed by atoms with Crippen molar-refractivity contribution in [3.63, 3.8) is 0 Å². The van der Waals surface area contributed by atoms with E-state index in [-0.39, 0.29) is 28.4 Å². The van der Waals surface area contributed by atoms with Gasteiger partial charge in [0.25, 0.3) is 5.91 Å². The van der Waals surface area contributed by atoms with E-state index in [0.29, 0.717) is 5.69 Å². The number of carbonyl (C=O) groups is 1. The van der Waals surface area contributed by atoms with E-state index < -0.39 is 16.5 Å². The lowest BCUT2D eigenvalue weighted by Gasteiger charge is -2.08. The zero-order valence-corrected chi connectivity index (χ0v) is 16.6. The number of hydrogen-bond acceptors (Lipinski definition) is 9. The summed E-state index contributed by atoms with van der Waals surface area (Å²) in [5, 5.41) is 16.8. The van der Waals surface area contributed by atoms with E-state index in [2.05, 4.69) is 20.5 Å². The van der Waals surface area contributed by atoms with Crippen molar-refractivity contribution in [2.75, 3.05) is 14.2 Å². The molecule has 0 spiro atoms. The van der Waals surface area contributed by atoms with Crippen molar-refractivity contribution >= 4 is 29.1 Å². The lowest BCUT2D eigenvalue weighted by Crippen LogP contribution is -2.24. The van der Waals surface area contributed by atoms with Crippen LogP contribution in [0.4, 0.5) is 5.69 Å². The zero-order chi connectivity index (χ0) is 21.7. The molecule has 2 N–H and O–H groups in total. The number of aromatic nitrogens is 2. The topological polar surface area (TPSA) is 149 Å². The van der Waals surface area contributed by atoms with Gasteiger partial charge < -0.3 is 14.5 Å². The van der Waals surface area contributed by atoms with Crippen LogP contribution in [0, 0.1) is 10.1 Å². The SMILES string of the molecule is COc1cc(OC)c([N+](=O)[O-])cc1/C=N/NC(=O)c1cc(-c2cccs2)[nH]c(=O)n1. The molecule has 1 amide bonds. The van der Waals surface area contributed by atoms with Crippen LogP contribution < -0.4 is 20.6 Å². The molecule has 0 radical (unpaired) electrons. The molecule has 1 aromatic carbocycles. The zero-order valence-electron chi connectivity index (χ0n) is 15.7. The van der Waals surface area contributed by atoms with Crippen LogP contribution >= 0.6 is 11.3 Å². The van der Waals surface area contributed by atoms with Crippen LogP contribution in [-0.4, -0.2) is 41.2 Å². The summed E-state index contributed by atoms with van der Waals surface area (Å²) in [5.74, 6) is -0.450. The van der Waals surface area contributed by atoms with Crippen molar-refractivity contribution in [1.82, 2.24) is 15.4 Å². The molecule has 0 aliphatic heterocycles. The Labute approximate surface area is 173 Å². The van der Waals surface area contributed by atoms with Gasteiger partial charge in [0.05, 0.1) is 35.9 Å². The number of hydrogen-bond donors (Lipinski definition) is 2. The molecular weight excluding hydrogens is 414 g/mol. The van der Waals surface area contributed by atoms with Gasteiger partial charge >= 0.3 is 11.4 Å². The Hall–Kier alpha value is -4.06. The van der Waals surface area contributed by atoms with Crippen molar-refractivity contribution in [1.29, 1.82) is 0 Å². The summed E-state index contributed by atoms with van der Waals surface area (Å²) in [6, 6.07) is 7.57. The first-order chi connectivity index (χ1) is 14.4. The quantitative estimate of drug-likeness (QED) is 0.332. The molecule has 2 heterocycles. The number of nitro groups is 1. The van der Waals surface area contributed by atoms with Crippen molar-refractivity contribution in [2.24, 2.45) is 5.10 Å². The van der Waals surface area contributed by atoms with E-state index in [0.717, 1.165) is 4.88 Å². The fourth-order valence-corrected chi connectivity index (χ4v) is 3.20. The third kappa shape index (κ3) is 4.50. The summed E-state index contributed by atoms with van der Waals surface area (Å²) in [6.07, 6.45) is 1.18. The molecule has 0 atom stereocenters. The molecule has 0 unspecified atom stereocenters. The average Bonchev–Trinajstić information content (AvgIpc) is 3.27. The third-order valence-electron chi connectivity index (χ3n) is 3.86. The first-order valence-corrected chi connectivity index (χ1v) is 9.20. The summed E-state index contributed by atoms with van der Waals surface area (Å²) < 4.78 is 10.2. The molecule has 12 heteroatoms. The number of amides is 1. The highest BCUT2D eigenvalue weighted by atomic mass is 32.1. The normalized spacial score (nSPS) is 10.7. The largest absolute Gasteiger partial charge is 0.496 e. The average molecular weight is 429 g/mol. The number of nitrogens with zero attached hydrogens (tertiary/aromatic N) is 3. The van der Waals surface area contributed by atoms with Gasteiger partial charge in [0.15, 0.2) is 0 Å². The molecule has 0 aliphatic carbocycles. The standard InChI is InChI=1S/C18H15N5O6S/c1-28-14-8-15(29-2)13(23(26)27)6-10(14)9-19-22-17(24)12-7-11(20-18(25)21-12)16-4-3-5-30-16/h3-9H,1-2H3,(H,22,24)(H,20,21,25)/b19-9+. The first kappa shape index (κ1) is 20.7. The van der Waals surface area contributed by atoms with Gasteiger partial charge in [-0.15, -0.1) is 11.3 Å². The fraction of sp³-hybridized carbons (Fsp3) is 0.111. The van der Waals surface area contributed by atoms with E-state index in [9.17, 15) is 19.7 Å². The maximum Gasteiger partial charge on any atom is 0.346 e. The monoisotopic (exact) mass is 429 g/mol. The van der Waals surface area contributed by atoms with Crippen LogP contribution in [0.5, 0.6) is 11.5 Å². The van der Waals surface area contributed by atoms with Crippen LogP contribution in [-0.2, 0) is 0 Å². The number of hydrazone groups is 1. The predicted octanol–water partition coefficient (Wildman–Crippen LogP) is 2.19. The van der Waals surface area contributed by atoms with Crippen LogP contribution in [0.25, 0.3) is 10.6 Å². The van der Waals surface area contributed by atoms with Crippen molar-refractivity contribution in [2.45, 2.75) is 0 Å². The van der Waals surface area contributed by atoms with E-state index >= 15 is 0 Å². The van der Waals surface area contributed by atoms with Crippen molar-refractivity contribution in [3.05, 3.63) is 67.6 Å². The summed E-state index contributed by atoms with van der Waals surface area (Å²) in [5.41, 5.74) is 1.83. The number of rotatable bonds is 7. The van der Waals surface area contributed by atoms with Gasteiger partial charge in [-0.3, -0.25) is 14.9 Å². The molecule has 30 heavy (non-hydrogen) atoms. The number of nitro benzene ring substituents is 1. The van der Waals surface area contributed by atoms with Crippen LogP contribution in [0.3, 0.4) is 0 Å². The fourth-order valence-electron chi connectivity index (χ4n) is 2.51. The number of H-pyrrole nitrogens is 1. The van der Waals surface area contributed by atoms with E-state index in [1.54, 1.807) is 6.07 Å². The third-order valence-corrected chi connectivity index (χ3v) is 4.76. The van der Waals surface area contributed by atoms with Gasteiger partial charge in [-0.2, -0.15) is 10.1 Å². The first-order valence-electron chi connectivity index (χ1n) is 8.32. The molecule has 0 saturated heterocycles. The highest BCUT2D eigenvalue weighted by Gasteiger charge is 2.19. The van der Waals surface area contributed by atoms with Crippen LogP contribution in [0.1, 0.15) is 16.1 Å². The summed E-state index contributed by atoms with van der Waals surface area (Å²) in [7, 11) is 2.68. The molecule has 11 nitrogen and oxygen atoms in total. The molecule has 3 aromatic rings. The minimum absolute atomic E-state index is 0.0202. The highest BCUT2D eigenvalue weighted by Crippen LogP contribution is 2.33. The Balaban J connectivity index is 1.84. The Morgan fingerprint density at radius 2 is 2.07 bits per heavy atom. The molecule has 0 fully saturated rings. The molecule has 0 bridgehead atoms. The number of thiophene rings is 1. The molecule has 154 valence electrons. The van der Waals surface area contributed by atoms with E-state index in [1.807, 2.05) is 11.4 Å². The van der Waals surface area contributed by atoms with Crippen LogP contribution in [0.2, 0.25) is 0 Å². The Morgan fingerprint density at radius 3 is 2.70 bits per heavy atom. The van der Waals surface area contributed by atoms with E-state index in [1.165, 1.54) is 50.0 Å². The lowest BCUT2D eigenvalue weighted by molar-refractivity contribution is -0.385. The van der Waals surface area contributed by atoms with Crippen LogP contribution in [0.15, 0.2) is 45.6 Å². The van der Waals surface area contributed by atoms with Gasteiger partial charge in [-0.1, -0.05) is 6.07 Å². The van der Waals surface area contributed by atoms with Crippen molar-refractivity contribution < 1.29 is 19.2 Å². The smallest absolute Gasteiger partial charge is 0.346 e. The predicted molar refractivity (Wildman–Crippen MR) is 109 cm³/mol. The molecule has 0 saturated carbocycles.